The first-order valence-corrected chi connectivity index (χ1v) is 6.76. The normalized spacial score (nSPS) is 16.0. The van der Waals surface area contributed by atoms with Gasteiger partial charge in [0, 0.05) is 31.4 Å². The molecule has 0 bridgehead atoms. The number of piperidine rings is 1. The van der Waals surface area contributed by atoms with Crippen LogP contribution in [0.5, 0.6) is 0 Å². The Kier molecular flexibility index (Phi) is 4.55. The van der Waals surface area contributed by atoms with Crippen LogP contribution in [0.15, 0.2) is 36.0 Å². The van der Waals surface area contributed by atoms with E-state index in [1.165, 1.54) is 0 Å². The average molecular weight is 259 g/mol. The number of pyridine rings is 1. The molecular formula is C15H21N3O. The highest BCUT2D eigenvalue weighted by Crippen LogP contribution is 2.17. The summed E-state index contributed by atoms with van der Waals surface area (Å²) in [6.07, 6.45) is 5.42. The van der Waals surface area contributed by atoms with E-state index in [0.29, 0.717) is 0 Å². The minimum atomic E-state index is 0.0243. The van der Waals surface area contributed by atoms with E-state index in [2.05, 4.69) is 15.2 Å². The predicted molar refractivity (Wildman–Crippen MR) is 77.0 cm³/mol. The Bertz CT molecular complexity index is 444. The molecule has 0 unspecified atom stereocenters. The highest BCUT2D eigenvalue weighted by atomic mass is 16.1. The summed E-state index contributed by atoms with van der Waals surface area (Å²) in [5.74, 6) is 1.05. The lowest BCUT2D eigenvalue weighted by Gasteiger charge is -2.32. The number of rotatable bonds is 3. The zero-order chi connectivity index (χ0) is 13.7. The van der Waals surface area contributed by atoms with Gasteiger partial charge in [-0.25, -0.2) is 4.98 Å². The number of aromatic nitrogens is 1. The second kappa shape index (κ2) is 6.36. The molecule has 0 saturated carbocycles. The summed E-state index contributed by atoms with van der Waals surface area (Å²) in [6, 6.07) is 6.24. The van der Waals surface area contributed by atoms with Gasteiger partial charge in [0.1, 0.15) is 5.82 Å². The van der Waals surface area contributed by atoms with Crippen molar-refractivity contribution in [2.75, 3.05) is 18.0 Å². The predicted octanol–water partition coefficient (Wildman–Crippen LogP) is 2.13. The fraction of sp³-hybridized carbons (Fsp3) is 0.467. The molecule has 2 rings (SSSR count). The molecule has 4 heteroatoms. The van der Waals surface area contributed by atoms with Crippen molar-refractivity contribution < 1.29 is 4.79 Å². The van der Waals surface area contributed by atoms with Crippen molar-refractivity contribution in [2.45, 2.75) is 32.7 Å². The summed E-state index contributed by atoms with van der Waals surface area (Å²) in [7, 11) is 0. The van der Waals surface area contributed by atoms with E-state index >= 15 is 0 Å². The monoisotopic (exact) mass is 259 g/mol. The quantitative estimate of drug-likeness (QED) is 0.846. The van der Waals surface area contributed by atoms with Gasteiger partial charge in [0.15, 0.2) is 0 Å². The molecule has 1 aliphatic rings. The third-order valence-corrected chi connectivity index (χ3v) is 3.23. The Morgan fingerprint density at radius 3 is 2.68 bits per heavy atom. The lowest BCUT2D eigenvalue weighted by Crippen LogP contribution is -2.44. The highest BCUT2D eigenvalue weighted by molar-refractivity contribution is 5.88. The Labute approximate surface area is 114 Å². The summed E-state index contributed by atoms with van der Waals surface area (Å²) in [5, 5.41) is 3.06. The molecule has 1 amide bonds. The number of allylic oxidation sites excluding steroid dienone is 1. The van der Waals surface area contributed by atoms with Gasteiger partial charge in [0.2, 0.25) is 5.91 Å². The molecular weight excluding hydrogens is 238 g/mol. The number of nitrogens with one attached hydrogen (secondary N) is 1. The summed E-state index contributed by atoms with van der Waals surface area (Å²) < 4.78 is 0. The number of hydrogen-bond donors (Lipinski definition) is 1. The van der Waals surface area contributed by atoms with Gasteiger partial charge in [-0.2, -0.15) is 0 Å². The van der Waals surface area contributed by atoms with Crippen molar-refractivity contribution >= 4 is 11.7 Å². The third-order valence-electron chi connectivity index (χ3n) is 3.23. The molecule has 19 heavy (non-hydrogen) atoms. The van der Waals surface area contributed by atoms with E-state index in [1.807, 2.05) is 38.2 Å². The first-order valence-electron chi connectivity index (χ1n) is 6.76. The topological polar surface area (TPSA) is 45.2 Å². The van der Waals surface area contributed by atoms with E-state index in [9.17, 15) is 4.79 Å². The van der Waals surface area contributed by atoms with E-state index in [0.717, 1.165) is 37.3 Å². The largest absolute Gasteiger partial charge is 0.356 e. The minimum absolute atomic E-state index is 0.0243. The van der Waals surface area contributed by atoms with E-state index in [-0.39, 0.29) is 11.9 Å². The molecule has 0 radical (unpaired) electrons. The fourth-order valence-electron chi connectivity index (χ4n) is 2.30. The highest BCUT2D eigenvalue weighted by Gasteiger charge is 2.20. The van der Waals surface area contributed by atoms with Gasteiger partial charge in [-0.1, -0.05) is 11.6 Å². The van der Waals surface area contributed by atoms with Crippen molar-refractivity contribution in [3.05, 3.63) is 36.0 Å². The first kappa shape index (κ1) is 13.6. The summed E-state index contributed by atoms with van der Waals surface area (Å²) in [4.78, 5) is 18.3. The summed E-state index contributed by atoms with van der Waals surface area (Å²) >= 11 is 0. The van der Waals surface area contributed by atoms with Crippen LogP contribution in [0.3, 0.4) is 0 Å². The zero-order valence-electron chi connectivity index (χ0n) is 11.6. The molecule has 1 aliphatic heterocycles. The first-order chi connectivity index (χ1) is 9.15. The van der Waals surface area contributed by atoms with Crippen LogP contribution in [-0.2, 0) is 4.79 Å². The Morgan fingerprint density at radius 2 is 2.11 bits per heavy atom. The second-order valence-corrected chi connectivity index (χ2v) is 5.18. The number of nitrogens with zero attached hydrogens (tertiary/aromatic N) is 2. The van der Waals surface area contributed by atoms with Gasteiger partial charge in [-0.05, 0) is 38.8 Å². The molecule has 0 aliphatic carbocycles. The SMILES string of the molecule is CC(C)=CC(=O)NC1CCN(c2ccccn2)CC1. The average Bonchev–Trinajstić information content (AvgIpc) is 2.39. The van der Waals surface area contributed by atoms with Crippen LogP contribution in [-0.4, -0.2) is 30.0 Å². The summed E-state index contributed by atoms with van der Waals surface area (Å²) in [5.41, 5.74) is 1.03. The molecule has 0 aromatic carbocycles. The maximum atomic E-state index is 11.7. The zero-order valence-corrected chi connectivity index (χ0v) is 11.6. The van der Waals surface area contributed by atoms with Gasteiger partial charge >= 0.3 is 0 Å². The van der Waals surface area contributed by atoms with Crippen molar-refractivity contribution in [1.29, 1.82) is 0 Å². The molecule has 0 atom stereocenters. The van der Waals surface area contributed by atoms with Gasteiger partial charge in [-0.15, -0.1) is 0 Å². The Morgan fingerprint density at radius 1 is 1.37 bits per heavy atom. The van der Waals surface area contributed by atoms with E-state index in [1.54, 1.807) is 6.08 Å². The van der Waals surface area contributed by atoms with Crippen LogP contribution in [0.4, 0.5) is 5.82 Å². The molecule has 102 valence electrons. The number of carbonyl (C=O) groups is 1. The number of anilines is 1. The second-order valence-electron chi connectivity index (χ2n) is 5.18. The van der Waals surface area contributed by atoms with Crippen LogP contribution in [0.25, 0.3) is 0 Å². The van der Waals surface area contributed by atoms with Crippen molar-refractivity contribution in [3.8, 4) is 0 Å². The van der Waals surface area contributed by atoms with Crippen LogP contribution < -0.4 is 10.2 Å². The van der Waals surface area contributed by atoms with Gasteiger partial charge in [0.05, 0.1) is 0 Å². The Hall–Kier alpha value is -1.84. The molecule has 4 nitrogen and oxygen atoms in total. The molecule has 1 aromatic heterocycles. The van der Waals surface area contributed by atoms with Crippen LogP contribution in [0, 0.1) is 0 Å². The van der Waals surface area contributed by atoms with Gasteiger partial charge in [-0.3, -0.25) is 4.79 Å². The molecule has 1 N–H and O–H groups in total. The van der Waals surface area contributed by atoms with Gasteiger partial charge < -0.3 is 10.2 Å². The molecule has 2 heterocycles. The fourth-order valence-corrected chi connectivity index (χ4v) is 2.30. The third kappa shape index (κ3) is 4.09. The Balaban J connectivity index is 1.83. The van der Waals surface area contributed by atoms with Gasteiger partial charge in [0.25, 0.3) is 0 Å². The van der Waals surface area contributed by atoms with E-state index in [4.69, 9.17) is 0 Å². The van der Waals surface area contributed by atoms with E-state index < -0.39 is 0 Å². The minimum Gasteiger partial charge on any atom is -0.356 e. The van der Waals surface area contributed by atoms with Crippen LogP contribution in [0.1, 0.15) is 26.7 Å². The van der Waals surface area contributed by atoms with Crippen molar-refractivity contribution in [3.63, 3.8) is 0 Å². The van der Waals surface area contributed by atoms with Crippen molar-refractivity contribution in [2.24, 2.45) is 0 Å². The molecule has 1 aromatic rings. The van der Waals surface area contributed by atoms with Crippen LogP contribution >= 0.6 is 0 Å². The lowest BCUT2D eigenvalue weighted by atomic mass is 10.0. The van der Waals surface area contributed by atoms with Crippen LogP contribution in [0.2, 0.25) is 0 Å². The maximum Gasteiger partial charge on any atom is 0.244 e. The maximum absolute atomic E-state index is 11.7. The number of carbonyl (C=O) groups excluding carboxylic acids is 1. The number of hydrogen-bond acceptors (Lipinski definition) is 3. The molecule has 0 spiro atoms. The number of amides is 1. The smallest absolute Gasteiger partial charge is 0.244 e. The molecule has 1 saturated heterocycles. The van der Waals surface area contributed by atoms with Crippen molar-refractivity contribution in [1.82, 2.24) is 10.3 Å². The summed E-state index contributed by atoms with van der Waals surface area (Å²) in [6.45, 7) is 5.75. The standard InChI is InChI=1S/C15H21N3O/c1-12(2)11-15(19)17-13-6-9-18(10-7-13)14-5-3-4-8-16-14/h3-5,8,11,13H,6-7,9-10H2,1-2H3,(H,17,19). The molecule has 1 fully saturated rings. The lowest BCUT2D eigenvalue weighted by molar-refractivity contribution is -0.117.